The number of pyridine rings is 1. The second-order valence-corrected chi connectivity index (χ2v) is 5.05. The number of aromatic nitrogens is 1. The Morgan fingerprint density at radius 3 is 2.87 bits per heavy atom. The molecule has 0 saturated carbocycles. The average Bonchev–Trinajstić information content (AvgIpc) is 2.54. The highest BCUT2D eigenvalue weighted by Crippen LogP contribution is 2.24. The lowest BCUT2D eigenvalue weighted by molar-refractivity contribution is -0.118. The molecule has 23 heavy (non-hydrogen) atoms. The molecule has 120 valence electrons. The smallest absolute Gasteiger partial charge is 0.216 e. The minimum atomic E-state index is -0.0448. The third-order valence-electron chi connectivity index (χ3n) is 3.24. The fourth-order valence-electron chi connectivity index (χ4n) is 2.19. The molecule has 0 aliphatic heterocycles. The van der Waals surface area contributed by atoms with Gasteiger partial charge in [-0.25, -0.2) is 4.98 Å². The fourth-order valence-corrected chi connectivity index (χ4v) is 2.19. The quantitative estimate of drug-likeness (QED) is 0.767. The van der Waals surface area contributed by atoms with Crippen LogP contribution in [0.4, 0.5) is 5.82 Å². The first-order chi connectivity index (χ1) is 11.1. The van der Waals surface area contributed by atoms with Crippen LogP contribution in [0.2, 0.25) is 0 Å². The zero-order valence-corrected chi connectivity index (χ0v) is 13.3. The van der Waals surface area contributed by atoms with E-state index in [0.717, 1.165) is 23.1 Å². The van der Waals surface area contributed by atoms with Crippen molar-refractivity contribution in [3.8, 4) is 11.8 Å². The monoisotopic (exact) mass is 312 g/mol. The minimum Gasteiger partial charge on any atom is -0.494 e. The zero-order valence-electron chi connectivity index (χ0n) is 13.3. The second-order valence-electron chi connectivity index (χ2n) is 5.05. The van der Waals surface area contributed by atoms with Crippen LogP contribution in [0.1, 0.15) is 25.8 Å². The summed E-state index contributed by atoms with van der Waals surface area (Å²) in [4.78, 5) is 15.3. The van der Waals surface area contributed by atoms with Gasteiger partial charge in [-0.2, -0.15) is 5.26 Å². The summed E-state index contributed by atoms with van der Waals surface area (Å²) in [7, 11) is 0. The Hall–Kier alpha value is -2.81. The molecule has 1 heterocycles. The largest absolute Gasteiger partial charge is 0.494 e. The molecule has 1 aromatic carbocycles. The molecule has 6 nitrogen and oxygen atoms in total. The van der Waals surface area contributed by atoms with E-state index in [1.807, 2.05) is 25.1 Å². The summed E-state index contributed by atoms with van der Waals surface area (Å²) in [6.07, 6.45) is 0.757. The molecule has 2 rings (SSSR count). The maximum atomic E-state index is 10.8. The second kappa shape index (κ2) is 7.99. The number of carbonyl (C=O) groups excluding carboxylic acids is 1. The standard InChI is InChI=1S/C17H20N4O2/c1-3-23-15-5-6-16-13(10-15)9-14(11-18)17(21-16)20-8-4-7-19-12(2)22/h5-6,9-10H,3-4,7-8H2,1-2H3,(H,19,22)(H,20,21). The van der Waals surface area contributed by atoms with Gasteiger partial charge in [-0.15, -0.1) is 0 Å². The molecular formula is C17H20N4O2. The van der Waals surface area contributed by atoms with Crippen LogP contribution in [0, 0.1) is 11.3 Å². The molecular weight excluding hydrogens is 292 g/mol. The maximum absolute atomic E-state index is 10.8. The normalized spacial score (nSPS) is 10.1. The van der Waals surface area contributed by atoms with E-state index in [0.29, 0.717) is 31.1 Å². The van der Waals surface area contributed by atoms with Gasteiger partial charge >= 0.3 is 0 Å². The number of anilines is 1. The topological polar surface area (TPSA) is 87.0 Å². The zero-order chi connectivity index (χ0) is 16.7. The number of nitriles is 1. The number of hydrogen-bond acceptors (Lipinski definition) is 5. The van der Waals surface area contributed by atoms with Gasteiger partial charge < -0.3 is 15.4 Å². The number of nitrogens with zero attached hydrogens (tertiary/aromatic N) is 2. The van der Waals surface area contributed by atoms with Gasteiger partial charge in [-0.3, -0.25) is 4.79 Å². The number of amides is 1. The molecule has 0 fully saturated rings. The molecule has 6 heteroatoms. The van der Waals surface area contributed by atoms with Crippen molar-refractivity contribution < 1.29 is 9.53 Å². The van der Waals surface area contributed by atoms with E-state index in [4.69, 9.17) is 4.74 Å². The summed E-state index contributed by atoms with van der Waals surface area (Å²) < 4.78 is 5.47. The van der Waals surface area contributed by atoms with Gasteiger partial charge in [0.1, 0.15) is 17.6 Å². The Balaban J connectivity index is 2.12. The number of nitrogens with one attached hydrogen (secondary N) is 2. The highest BCUT2D eigenvalue weighted by atomic mass is 16.5. The van der Waals surface area contributed by atoms with E-state index in [2.05, 4.69) is 21.7 Å². The molecule has 1 amide bonds. The molecule has 0 aliphatic carbocycles. The maximum Gasteiger partial charge on any atom is 0.216 e. The summed E-state index contributed by atoms with van der Waals surface area (Å²) in [6.45, 7) is 5.23. The summed E-state index contributed by atoms with van der Waals surface area (Å²) in [5.41, 5.74) is 1.29. The van der Waals surface area contributed by atoms with Gasteiger partial charge in [-0.05, 0) is 37.6 Å². The molecule has 2 aromatic rings. The van der Waals surface area contributed by atoms with Gasteiger partial charge in [0, 0.05) is 25.4 Å². The number of hydrogen-bond donors (Lipinski definition) is 2. The molecule has 1 aromatic heterocycles. The van der Waals surface area contributed by atoms with Crippen molar-refractivity contribution >= 4 is 22.6 Å². The lowest BCUT2D eigenvalue weighted by Gasteiger charge is -2.10. The molecule has 0 aliphatic rings. The summed E-state index contributed by atoms with van der Waals surface area (Å²) >= 11 is 0. The highest BCUT2D eigenvalue weighted by Gasteiger charge is 2.07. The Bertz CT molecular complexity index is 737. The minimum absolute atomic E-state index is 0.0448. The van der Waals surface area contributed by atoms with E-state index in [1.165, 1.54) is 6.92 Å². The van der Waals surface area contributed by atoms with Crippen LogP contribution in [0.15, 0.2) is 24.3 Å². The first-order valence-corrected chi connectivity index (χ1v) is 7.60. The molecule has 0 bridgehead atoms. The average molecular weight is 312 g/mol. The van der Waals surface area contributed by atoms with E-state index in [1.54, 1.807) is 6.07 Å². The van der Waals surface area contributed by atoms with Crippen molar-refractivity contribution in [2.24, 2.45) is 0 Å². The third-order valence-corrected chi connectivity index (χ3v) is 3.24. The number of carbonyl (C=O) groups is 1. The highest BCUT2D eigenvalue weighted by molar-refractivity contribution is 5.84. The van der Waals surface area contributed by atoms with Gasteiger partial charge in [0.2, 0.25) is 5.91 Å². The fraction of sp³-hybridized carbons (Fsp3) is 0.353. The Morgan fingerprint density at radius 1 is 1.35 bits per heavy atom. The van der Waals surface area contributed by atoms with Crippen LogP contribution >= 0.6 is 0 Å². The van der Waals surface area contributed by atoms with Gasteiger partial charge in [0.25, 0.3) is 0 Å². The molecule has 0 atom stereocenters. The first kappa shape index (κ1) is 16.6. The van der Waals surface area contributed by atoms with E-state index in [-0.39, 0.29) is 5.91 Å². The van der Waals surface area contributed by atoms with Crippen molar-refractivity contribution in [1.29, 1.82) is 5.26 Å². The predicted octanol–water partition coefficient (Wildman–Crippen LogP) is 2.44. The third kappa shape index (κ3) is 4.58. The van der Waals surface area contributed by atoms with Crippen LogP contribution in [0.3, 0.4) is 0 Å². The van der Waals surface area contributed by atoms with Gasteiger partial charge in [0.05, 0.1) is 17.7 Å². The van der Waals surface area contributed by atoms with E-state index >= 15 is 0 Å². The summed E-state index contributed by atoms with van der Waals surface area (Å²) in [5, 5.41) is 16.1. The molecule has 0 saturated heterocycles. The van der Waals surface area contributed by atoms with E-state index < -0.39 is 0 Å². The molecule has 2 N–H and O–H groups in total. The Kier molecular flexibility index (Phi) is 5.75. The van der Waals surface area contributed by atoms with Gasteiger partial charge in [0.15, 0.2) is 0 Å². The van der Waals surface area contributed by atoms with Gasteiger partial charge in [-0.1, -0.05) is 0 Å². The van der Waals surface area contributed by atoms with Crippen molar-refractivity contribution in [2.75, 3.05) is 25.0 Å². The van der Waals surface area contributed by atoms with Crippen molar-refractivity contribution in [1.82, 2.24) is 10.3 Å². The van der Waals surface area contributed by atoms with Crippen LogP contribution < -0.4 is 15.4 Å². The van der Waals surface area contributed by atoms with Crippen LogP contribution in [0.25, 0.3) is 10.9 Å². The predicted molar refractivity (Wildman–Crippen MR) is 89.4 cm³/mol. The number of rotatable bonds is 7. The van der Waals surface area contributed by atoms with Crippen LogP contribution in [-0.2, 0) is 4.79 Å². The van der Waals surface area contributed by atoms with Crippen molar-refractivity contribution in [3.05, 3.63) is 29.8 Å². The van der Waals surface area contributed by atoms with Crippen molar-refractivity contribution in [2.45, 2.75) is 20.3 Å². The lowest BCUT2D eigenvalue weighted by atomic mass is 10.1. The summed E-state index contributed by atoms with van der Waals surface area (Å²) in [6, 6.07) is 9.60. The molecule has 0 unspecified atom stereocenters. The van der Waals surface area contributed by atoms with Crippen molar-refractivity contribution in [3.63, 3.8) is 0 Å². The first-order valence-electron chi connectivity index (χ1n) is 7.60. The summed E-state index contributed by atoms with van der Waals surface area (Å²) in [5.74, 6) is 1.28. The van der Waals surface area contributed by atoms with E-state index in [9.17, 15) is 10.1 Å². The van der Waals surface area contributed by atoms with Crippen LogP contribution in [0.5, 0.6) is 5.75 Å². The Labute approximate surface area is 135 Å². The van der Waals surface area contributed by atoms with Crippen LogP contribution in [-0.4, -0.2) is 30.6 Å². The number of fused-ring (bicyclic) bond motifs is 1. The Morgan fingerprint density at radius 2 is 2.17 bits per heavy atom. The SMILES string of the molecule is CCOc1ccc2nc(NCCCNC(C)=O)c(C#N)cc2c1. The molecule has 0 radical (unpaired) electrons. The lowest BCUT2D eigenvalue weighted by Crippen LogP contribution is -2.22. The number of ether oxygens (including phenoxy) is 1. The molecule has 0 spiro atoms. The number of benzene rings is 1.